The van der Waals surface area contributed by atoms with Crippen LogP contribution in [-0.2, 0) is 18.4 Å². The third-order valence-electron chi connectivity index (χ3n) is 17.0. The summed E-state index contributed by atoms with van der Waals surface area (Å²) in [5.74, 6) is -0.182. The Bertz CT molecular complexity index is 1780. The number of likely N-dealkylation sites (N-methyl/N-ethyl adjacent to an activating group) is 1. The van der Waals surface area contributed by atoms with Gasteiger partial charge < -0.3 is 19.8 Å². The number of quaternary nitrogens is 1. The van der Waals surface area contributed by atoms with Gasteiger partial charge in [0, 0.05) is 6.42 Å². The van der Waals surface area contributed by atoms with Gasteiger partial charge >= 0.3 is 7.82 Å². The van der Waals surface area contributed by atoms with Crippen molar-refractivity contribution in [3.8, 4) is 0 Å². The number of nitrogens with one attached hydrogen (secondary N) is 1. The van der Waals surface area contributed by atoms with Crippen LogP contribution in [0.1, 0.15) is 354 Å². The number of hydrogen-bond donors (Lipinski definition) is 3. The molecule has 89 heavy (non-hydrogen) atoms. The van der Waals surface area contributed by atoms with Crippen LogP contribution in [0.4, 0.5) is 0 Å². The number of phosphoric acid groups is 1. The molecule has 0 saturated heterocycles. The first kappa shape index (κ1) is 86.4. The largest absolute Gasteiger partial charge is 0.472 e. The lowest BCUT2D eigenvalue weighted by atomic mass is 10.0. The lowest BCUT2D eigenvalue weighted by Gasteiger charge is -2.25. The highest BCUT2D eigenvalue weighted by molar-refractivity contribution is 7.47. The summed E-state index contributed by atoms with van der Waals surface area (Å²) in [5, 5.41) is 14.0. The standard InChI is InChI=1S/C80H147N2O6P/c1-6-8-10-12-14-16-18-20-22-24-26-28-30-32-34-35-36-37-38-39-40-41-42-43-44-45-46-47-48-50-52-54-56-58-60-62-64-66-68-70-72-74-80(84)81-78(77-88-89(85,86)87-76-75-82(3,4)5)79(83)73-71-69-67-65-63-61-59-57-55-53-51-49-33-31-29-27-25-23-21-19-17-15-13-11-9-7-2/h8,10,14,16,20,22,26,28,32,34,36-37,63,65,71,73,78-79,83H,6-7,9,11-13,15,17-19,21,23-25,27,29-31,33,35,38-62,64,66-70,72,74-77H2,1-5H3,(H-,81,84,85,86)/p+1/b10-8-,16-14-,22-20-,28-26-,34-32-,37-36-,65-63+,73-71+. The molecule has 0 aliphatic carbocycles. The Morgan fingerprint density at radius 1 is 0.393 bits per heavy atom. The Morgan fingerprint density at radius 3 is 1.03 bits per heavy atom. The van der Waals surface area contributed by atoms with Gasteiger partial charge in [0.05, 0.1) is 39.9 Å². The number of hydrogen-bond acceptors (Lipinski definition) is 5. The van der Waals surface area contributed by atoms with Gasteiger partial charge in [-0.25, -0.2) is 4.57 Å². The zero-order valence-corrected chi connectivity index (χ0v) is 60.3. The van der Waals surface area contributed by atoms with E-state index in [1.54, 1.807) is 6.08 Å². The third kappa shape index (κ3) is 72.7. The molecule has 0 rings (SSSR count). The molecule has 0 aliphatic heterocycles. The number of amides is 1. The van der Waals surface area contributed by atoms with Crippen molar-refractivity contribution in [3.63, 3.8) is 0 Å². The number of unbranched alkanes of at least 4 members (excludes halogenated alkanes) is 43. The minimum atomic E-state index is -4.37. The molecule has 0 heterocycles. The van der Waals surface area contributed by atoms with E-state index in [9.17, 15) is 19.4 Å². The predicted octanol–water partition coefficient (Wildman–Crippen LogP) is 24.8. The van der Waals surface area contributed by atoms with Gasteiger partial charge in [-0.05, 0) is 83.5 Å². The first-order chi connectivity index (χ1) is 43.5. The number of nitrogens with zero attached hydrogens (tertiary/aromatic N) is 1. The molecule has 0 aromatic carbocycles. The molecule has 0 bridgehead atoms. The quantitative estimate of drug-likeness (QED) is 0.0243. The lowest BCUT2D eigenvalue weighted by molar-refractivity contribution is -0.870. The molecule has 3 N–H and O–H groups in total. The maximum atomic E-state index is 13.1. The molecule has 0 fully saturated rings. The molecule has 0 aliphatic rings. The zero-order valence-electron chi connectivity index (χ0n) is 59.4. The number of aliphatic hydroxyl groups excluding tert-OH is 1. The highest BCUT2D eigenvalue weighted by Crippen LogP contribution is 2.43. The molecule has 0 aromatic rings. The molecule has 0 saturated carbocycles. The number of carbonyl (C=O) groups excluding carboxylic acids is 1. The molecule has 1 amide bonds. The highest BCUT2D eigenvalue weighted by atomic mass is 31.2. The summed E-state index contributed by atoms with van der Waals surface area (Å²) in [5.41, 5.74) is 0. The Labute approximate surface area is 553 Å². The molecule has 0 aromatic heterocycles. The molecule has 8 nitrogen and oxygen atoms in total. The van der Waals surface area contributed by atoms with Crippen molar-refractivity contribution < 1.29 is 32.9 Å². The second kappa shape index (κ2) is 69.8. The van der Waals surface area contributed by atoms with Gasteiger partial charge in [-0.3, -0.25) is 13.8 Å². The normalized spacial score (nSPS) is 14.1. The maximum absolute atomic E-state index is 13.1. The van der Waals surface area contributed by atoms with Gasteiger partial charge in [0.15, 0.2) is 0 Å². The van der Waals surface area contributed by atoms with Crippen molar-refractivity contribution >= 4 is 13.7 Å². The fourth-order valence-electron chi connectivity index (χ4n) is 11.2. The summed E-state index contributed by atoms with van der Waals surface area (Å²) < 4.78 is 23.8. The molecule has 3 unspecified atom stereocenters. The van der Waals surface area contributed by atoms with Gasteiger partial charge in [-0.1, -0.05) is 361 Å². The highest BCUT2D eigenvalue weighted by Gasteiger charge is 2.28. The van der Waals surface area contributed by atoms with Crippen molar-refractivity contribution in [1.82, 2.24) is 5.32 Å². The van der Waals surface area contributed by atoms with E-state index in [4.69, 9.17) is 9.05 Å². The second-order valence-electron chi connectivity index (χ2n) is 27.0. The lowest BCUT2D eigenvalue weighted by Crippen LogP contribution is -2.45. The van der Waals surface area contributed by atoms with Crippen LogP contribution in [0.5, 0.6) is 0 Å². The van der Waals surface area contributed by atoms with Crippen LogP contribution in [0.15, 0.2) is 97.2 Å². The summed E-state index contributed by atoms with van der Waals surface area (Å²) in [6, 6.07) is -0.867. The van der Waals surface area contributed by atoms with Crippen LogP contribution in [0.25, 0.3) is 0 Å². The average molecular weight is 1270 g/mol. The molecule has 3 atom stereocenters. The van der Waals surface area contributed by atoms with Crippen molar-refractivity contribution in [3.05, 3.63) is 97.2 Å². The minimum absolute atomic E-state index is 0.0555. The van der Waals surface area contributed by atoms with Crippen molar-refractivity contribution in [2.75, 3.05) is 40.9 Å². The number of carbonyl (C=O) groups is 1. The van der Waals surface area contributed by atoms with Crippen LogP contribution >= 0.6 is 7.82 Å². The molecular formula is C80H148N2O6P+. The molecule has 0 radical (unpaired) electrons. The Kier molecular flexibility index (Phi) is 67.7. The first-order valence-corrected chi connectivity index (χ1v) is 39.6. The predicted molar refractivity (Wildman–Crippen MR) is 392 cm³/mol. The summed E-state index contributed by atoms with van der Waals surface area (Å²) in [7, 11) is 1.56. The number of allylic oxidation sites excluding steroid dienone is 15. The van der Waals surface area contributed by atoms with E-state index in [0.29, 0.717) is 17.4 Å². The fourth-order valence-corrected chi connectivity index (χ4v) is 11.9. The van der Waals surface area contributed by atoms with E-state index in [0.717, 1.165) is 77.0 Å². The minimum Gasteiger partial charge on any atom is -0.387 e. The van der Waals surface area contributed by atoms with E-state index in [1.807, 2.05) is 27.2 Å². The maximum Gasteiger partial charge on any atom is 0.472 e. The second-order valence-corrected chi connectivity index (χ2v) is 28.4. The van der Waals surface area contributed by atoms with Crippen LogP contribution in [-0.4, -0.2) is 73.4 Å². The van der Waals surface area contributed by atoms with Gasteiger partial charge in [-0.2, -0.15) is 0 Å². The van der Waals surface area contributed by atoms with Gasteiger partial charge in [-0.15, -0.1) is 0 Å². The van der Waals surface area contributed by atoms with Gasteiger partial charge in [0.1, 0.15) is 13.2 Å². The van der Waals surface area contributed by atoms with Crippen LogP contribution in [0.2, 0.25) is 0 Å². The fraction of sp³-hybridized carbons (Fsp3) is 0.787. The summed E-state index contributed by atoms with van der Waals surface area (Å²) >= 11 is 0. The smallest absolute Gasteiger partial charge is 0.387 e. The van der Waals surface area contributed by atoms with Gasteiger partial charge in [0.25, 0.3) is 0 Å². The Morgan fingerprint density at radius 2 is 0.685 bits per heavy atom. The van der Waals surface area contributed by atoms with E-state index in [-0.39, 0.29) is 19.1 Å². The summed E-state index contributed by atoms with van der Waals surface area (Å²) in [6.07, 6.45) is 102. The average Bonchev–Trinajstić information content (AvgIpc) is 3.61. The summed E-state index contributed by atoms with van der Waals surface area (Å²) in [6.45, 7) is 4.72. The Balaban J connectivity index is 3.99. The third-order valence-corrected chi connectivity index (χ3v) is 18.0. The first-order valence-electron chi connectivity index (χ1n) is 38.1. The summed E-state index contributed by atoms with van der Waals surface area (Å²) in [4.78, 5) is 23.5. The number of phosphoric ester groups is 1. The van der Waals surface area contributed by atoms with Crippen LogP contribution < -0.4 is 5.32 Å². The molecule has 0 spiro atoms. The number of aliphatic hydroxyl groups is 1. The molecule has 9 heteroatoms. The van der Waals surface area contributed by atoms with Crippen molar-refractivity contribution in [1.29, 1.82) is 0 Å². The van der Waals surface area contributed by atoms with Crippen LogP contribution in [0.3, 0.4) is 0 Å². The van der Waals surface area contributed by atoms with Crippen LogP contribution in [0, 0.1) is 0 Å². The zero-order chi connectivity index (χ0) is 64.8. The van der Waals surface area contributed by atoms with E-state index in [2.05, 4.69) is 104 Å². The van der Waals surface area contributed by atoms with E-state index >= 15 is 0 Å². The Hall–Kier alpha value is -2.58. The van der Waals surface area contributed by atoms with E-state index in [1.165, 1.54) is 257 Å². The number of rotatable bonds is 70. The molecular weight excluding hydrogens is 1120 g/mol. The topological polar surface area (TPSA) is 105 Å². The van der Waals surface area contributed by atoms with Crippen molar-refractivity contribution in [2.45, 2.75) is 366 Å². The van der Waals surface area contributed by atoms with Gasteiger partial charge in [0.2, 0.25) is 5.91 Å². The SMILES string of the molecule is CC/C=C\C/C=C\C/C=C\C/C=C\C/C=C\C/C=C\CCCCCCCCCCCCCCCCCCCCCCCCC(=O)NC(COP(=O)(O)OCC[N+](C)(C)C)C(O)/C=C/CC/C=C/CCCCCCCCCCCCCCCCCCCCCC. The molecule has 518 valence electrons. The monoisotopic (exact) mass is 1260 g/mol. The van der Waals surface area contributed by atoms with Crippen molar-refractivity contribution in [2.24, 2.45) is 0 Å². The van der Waals surface area contributed by atoms with E-state index < -0.39 is 20.0 Å².